The lowest BCUT2D eigenvalue weighted by atomic mass is 10.3. The number of nitrogens with zero attached hydrogens (tertiary/aromatic N) is 3. The minimum absolute atomic E-state index is 0.145. The van der Waals surface area contributed by atoms with E-state index >= 15 is 0 Å². The second kappa shape index (κ2) is 3.95. The highest BCUT2D eigenvalue weighted by Gasteiger charge is 2.10. The molecular formula is C11H7IN4O. The molecule has 0 aliphatic carbocycles. The Labute approximate surface area is 110 Å². The molecule has 3 rings (SSSR count). The molecule has 84 valence electrons. The Morgan fingerprint density at radius 1 is 1.24 bits per heavy atom. The van der Waals surface area contributed by atoms with Crippen molar-refractivity contribution in [1.82, 2.24) is 19.5 Å². The van der Waals surface area contributed by atoms with E-state index < -0.39 is 0 Å². The topological polar surface area (TPSA) is 63.6 Å². The smallest absolute Gasteiger partial charge is 0.266 e. The van der Waals surface area contributed by atoms with Crippen LogP contribution >= 0.6 is 22.6 Å². The number of rotatable bonds is 1. The van der Waals surface area contributed by atoms with E-state index in [1.807, 2.05) is 51.4 Å². The molecule has 2 aromatic heterocycles. The molecule has 0 fully saturated rings. The zero-order valence-electron chi connectivity index (χ0n) is 8.59. The van der Waals surface area contributed by atoms with E-state index in [0.29, 0.717) is 9.39 Å². The predicted molar refractivity (Wildman–Crippen MR) is 72.2 cm³/mol. The second-order valence-corrected chi connectivity index (χ2v) is 4.55. The van der Waals surface area contributed by atoms with Crippen LogP contribution in [-0.4, -0.2) is 19.5 Å². The van der Waals surface area contributed by atoms with Crippen molar-refractivity contribution in [3.8, 4) is 5.82 Å². The zero-order valence-corrected chi connectivity index (χ0v) is 10.7. The van der Waals surface area contributed by atoms with Crippen molar-refractivity contribution >= 4 is 33.6 Å². The van der Waals surface area contributed by atoms with Crippen LogP contribution in [0.4, 0.5) is 0 Å². The third-order valence-corrected chi connectivity index (χ3v) is 3.43. The van der Waals surface area contributed by atoms with Crippen LogP contribution in [0, 0.1) is 3.57 Å². The molecule has 3 aromatic rings. The predicted octanol–water partition coefficient (Wildman–Crippen LogP) is 1.71. The van der Waals surface area contributed by atoms with Gasteiger partial charge in [0, 0.05) is 0 Å². The van der Waals surface area contributed by atoms with Crippen molar-refractivity contribution in [3.63, 3.8) is 0 Å². The summed E-state index contributed by atoms with van der Waals surface area (Å²) >= 11 is 1.98. The number of nitrogens with one attached hydrogen (secondary N) is 1. The lowest BCUT2D eigenvalue weighted by molar-refractivity contribution is 0.965. The maximum atomic E-state index is 11.5. The Balaban J connectivity index is 2.35. The summed E-state index contributed by atoms with van der Waals surface area (Å²) in [6.45, 7) is 0. The fourth-order valence-corrected chi connectivity index (χ4v) is 2.22. The number of benzene rings is 1. The maximum Gasteiger partial charge on any atom is 0.266 e. The molecule has 0 atom stereocenters. The summed E-state index contributed by atoms with van der Waals surface area (Å²) in [6.07, 6.45) is 3.07. The van der Waals surface area contributed by atoms with Gasteiger partial charge in [-0.15, -0.1) is 0 Å². The van der Waals surface area contributed by atoms with Gasteiger partial charge in [0.15, 0.2) is 5.82 Å². The normalized spacial score (nSPS) is 10.9. The standard InChI is InChI=1S/C11H7IN4O/c12-9-10(13-5-14-11(9)17)16-6-15-7-3-1-2-4-8(7)16/h1-6H,(H,13,14,17). The van der Waals surface area contributed by atoms with E-state index in [1.54, 1.807) is 6.33 Å². The van der Waals surface area contributed by atoms with Crippen LogP contribution in [0.15, 0.2) is 41.7 Å². The monoisotopic (exact) mass is 338 g/mol. The molecule has 0 aliphatic heterocycles. The van der Waals surface area contributed by atoms with Crippen molar-refractivity contribution < 1.29 is 0 Å². The second-order valence-electron chi connectivity index (χ2n) is 3.47. The van der Waals surface area contributed by atoms with E-state index in [-0.39, 0.29) is 5.56 Å². The van der Waals surface area contributed by atoms with Gasteiger partial charge in [0.05, 0.1) is 17.4 Å². The number of hydrogen-bond donors (Lipinski definition) is 1. The average Bonchev–Trinajstić information content (AvgIpc) is 2.77. The van der Waals surface area contributed by atoms with Gasteiger partial charge in [-0.25, -0.2) is 9.97 Å². The van der Waals surface area contributed by atoms with Crippen molar-refractivity contribution in [1.29, 1.82) is 0 Å². The summed E-state index contributed by atoms with van der Waals surface area (Å²) in [6, 6.07) is 7.73. The molecule has 5 nitrogen and oxygen atoms in total. The summed E-state index contributed by atoms with van der Waals surface area (Å²) in [5, 5.41) is 0. The fourth-order valence-electron chi connectivity index (χ4n) is 1.67. The van der Waals surface area contributed by atoms with Crippen LogP contribution in [0.25, 0.3) is 16.9 Å². The quantitative estimate of drug-likeness (QED) is 0.687. The number of halogens is 1. The molecule has 0 saturated carbocycles. The largest absolute Gasteiger partial charge is 0.312 e. The van der Waals surface area contributed by atoms with Crippen LogP contribution in [0.2, 0.25) is 0 Å². The number of H-pyrrole nitrogens is 1. The average molecular weight is 338 g/mol. The first-order valence-electron chi connectivity index (χ1n) is 4.93. The summed E-state index contributed by atoms with van der Waals surface area (Å²) in [7, 11) is 0. The van der Waals surface area contributed by atoms with E-state index in [0.717, 1.165) is 11.0 Å². The summed E-state index contributed by atoms with van der Waals surface area (Å²) in [5.41, 5.74) is 1.67. The Bertz CT molecular complexity index is 746. The minimum atomic E-state index is -0.145. The molecule has 0 aliphatic rings. The molecule has 6 heteroatoms. The van der Waals surface area contributed by atoms with Crippen LogP contribution in [-0.2, 0) is 0 Å². The lowest BCUT2D eigenvalue weighted by Crippen LogP contribution is -2.14. The van der Waals surface area contributed by atoms with Gasteiger partial charge in [-0.3, -0.25) is 9.36 Å². The Hall–Kier alpha value is -1.70. The minimum Gasteiger partial charge on any atom is -0.312 e. The zero-order chi connectivity index (χ0) is 11.8. The summed E-state index contributed by atoms with van der Waals surface area (Å²) in [4.78, 5) is 22.5. The number of hydrogen-bond acceptors (Lipinski definition) is 3. The highest BCUT2D eigenvalue weighted by Crippen LogP contribution is 2.17. The Kier molecular flexibility index (Phi) is 2.43. The van der Waals surface area contributed by atoms with Gasteiger partial charge >= 0.3 is 0 Å². The van der Waals surface area contributed by atoms with Crippen LogP contribution in [0.3, 0.4) is 0 Å². The molecule has 1 aromatic carbocycles. The molecule has 1 N–H and O–H groups in total. The number of para-hydroxylation sites is 2. The summed E-state index contributed by atoms with van der Waals surface area (Å²) in [5.74, 6) is 0.600. The fraction of sp³-hybridized carbons (Fsp3) is 0. The van der Waals surface area contributed by atoms with Gasteiger partial charge < -0.3 is 4.98 Å². The Morgan fingerprint density at radius 2 is 2.06 bits per heavy atom. The Morgan fingerprint density at radius 3 is 2.94 bits per heavy atom. The number of fused-ring (bicyclic) bond motifs is 1. The van der Waals surface area contributed by atoms with Crippen LogP contribution in [0.1, 0.15) is 0 Å². The third-order valence-electron chi connectivity index (χ3n) is 2.46. The van der Waals surface area contributed by atoms with Gasteiger partial charge in [-0.05, 0) is 34.7 Å². The highest BCUT2D eigenvalue weighted by atomic mass is 127. The summed E-state index contributed by atoms with van der Waals surface area (Å²) < 4.78 is 2.36. The van der Waals surface area contributed by atoms with Crippen LogP contribution in [0.5, 0.6) is 0 Å². The van der Waals surface area contributed by atoms with E-state index in [4.69, 9.17) is 0 Å². The SMILES string of the molecule is O=c1[nH]cnc(-n2cnc3ccccc32)c1I. The molecular weight excluding hydrogens is 331 g/mol. The van der Waals surface area contributed by atoms with Gasteiger partial charge in [0.2, 0.25) is 0 Å². The van der Waals surface area contributed by atoms with E-state index in [2.05, 4.69) is 15.0 Å². The molecule has 2 heterocycles. The van der Waals surface area contributed by atoms with Crippen molar-refractivity contribution in [2.75, 3.05) is 0 Å². The molecule has 0 radical (unpaired) electrons. The molecule has 0 unspecified atom stereocenters. The molecule has 0 bridgehead atoms. The molecule has 0 spiro atoms. The first-order chi connectivity index (χ1) is 8.27. The van der Waals surface area contributed by atoms with Gasteiger partial charge in [-0.2, -0.15) is 0 Å². The first kappa shape index (κ1) is 10.5. The highest BCUT2D eigenvalue weighted by molar-refractivity contribution is 14.1. The number of aromatic amines is 1. The van der Waals surface area contributed by atoms with Crippen molar-refractivity contribution in [2.45, 2.75) is 0 Å². The lowest BCUT2D eigenvalue weighted by Gasteiger charge is -2.03. The van der Waals surface area contributed by atoms with Gasteiger partial charge in [0.25, 0.3) is 5.56 Å². The van der Waals surface area contributed by atoms with Crippen molar-refractivity contribution in [2.24, 2.45) is 0 Å². The molecule has 0 amide bonds. The number of imidazole rings is 1. The van der Waals surface area contributed by atoms with Crippen LogP contribution < -0.4 is 5.56 Å². The van der Waals surface area contributed by atoms with E-state index in [9.17, 15) is 4.79 Å². The van der Waals surface area contributed by atoms with E-state index in [1.165, 1.54) is 6.33 Å². The third kappa shape index (κ3) is 1.64. The number of aromatic nitrogens is 4. The molecule has 17 heavy (non-hydrogen) atoms. The van der Waals surface area contributed by atoms with Gasteiger partial charge in [-0.1, -0.05) is 12.1 Å². The first-order valence-corrected chi connectivity index (χ1v) is 6.01. The van der Waals surface area contributed by atoms with Crippen molar-refractivity contribution in [3.05, 3.63) is 50.8 Å². The maximum absolute atomic E-state index is 11.5. The molecule has 0 saturated heterocycles. The van der Waals surface area contributed by atoms with Gasteiger partial charge in [0.1, 0.15) is 9.90 Å².